The first-order chi connectivity index (χ1) is 13.0. The van der Waals surface area contributed by atoms with Gasteiger partial charge in [0.15, 0.2) is 0 Å². The second-order valence-electron chi connectivity index (χ2n) is 7.66. The third-order valence-electron chi connectivity index (χ3n) is 5.98. The number of anilines is 2. The second kappa shape index (κ2) is 7.15. The van der Waals surface area contributed by atoms with Crippen LogP contribution >= 0.6 is 0 Å². The molecule has 142 valence electrons. The molecule has 0 saturated heterocycles. The predicted octanol–water partition coefficient (Wildman–Crippen LogP) is 2.39. The molecule has 1 aromatic heterocycles. The number of hydrogen-bond donors (Lipinski definition) is 3. The normalized spacial score (nSPS) is 27.3. The summed E-state index contributed by atoms with van der Waals surface area (Å²) in [6.45, 7) is 1.78. The predicted molar refractivity (Wildman–Crippen MR) is 103 cm³/mol. The van der Waals surface area contributed by atoms with Crippen LogP contribution in [-0.2, 0) is 9.59 Å². The van der Waals surface area contributed by atoms with Gasteiger partial charge in [-0.3, -0.25) is 14.3 Å². The summed E-state index contributed by atoms with van der Waals surface area (Å²) >= 11 is 0. The largest absolute Gasteiger partial charge is 0.327 e. The molecule has 0 aliphatic heterocycles. The van der Waals surface area contributed by atoms with Gasteiger partial charge in [-0.2, -0.15) is 5.10 Å². The van der Waals surface area contributed by atoms with Gasteiger partial charge in [-0.1, -0.05) is 6.07 Å². The summed E-state index contributed by atoms with van der Waals surface area (Å²) in [4.78, 5) is 25.1. The molecule has 7 heteroatoms. The van der Waals surface area contributed by atoms with Gasteiger partial charge < -0.3 is 16.4 Å². The first-order valence-electron chi connectivity index (χ1n) is 9.49. The Morgan fingerprint density at radius 3 is 2.59 bits per heavy atom. The minimum Gasteiger partial charge on any atom is -0.327 e. The number of nitrogens with two attached hydrogens (primary N) is 1. The van der Waals surface area contributed by atoms with Crippen molar-refractivity contribution < 1.29 is 9.59 Å². The Labute approximate surface area is 158 Å². The van der Waals surface area contributed by atoms with E-state index in [2.05, 4.69) is 15.7 Å². The van der Waals surface area contributed by atoms with Crippen molar-refractivity contribution >= 4 is 23.2 Å². The number of carbonyl (C=O) groups excluding carboxylic acids is 2. The lowest BCUT2D eigenvalue weighted by molar-refractivity contribution is -0.122. The Kier molecular flexibility index (Phi) is 4.70. The topological polar surface area (TPSA) is 102 Å². The number of rotatable bonds is 5. The summed E-state index contributed by atoms with van der Waals surface area (Å²) in [5.41, 5.74) is 7.57. The van der Waals surface area contributed by atoms with E-state index in [1.807, 2.05) is 12.1 Å². The van der Waals surface area contributed by atoms with Gasteiger partial charge in [0.1, 0.15) is 6.04 Å². The fourth-order valence-electron chi connectivity index (χ4n) is 4.50. The van der Waals surface area contributed by atoms with Crippen LogP contribution in [0.3, 0.4) is 0 Å². The highest BCUT2D eigenvalue weighted by atomic mass is 16.2. The highest BCUT2D eigenvalue weighted by molar-refractivity contribution is 5.96. The van der Waals surface area contributed by atoms with Crippen LogP contribution in [0.2, 0.25) is 0 Å². The van der Waals surface area contributed by atoms with Crippen molar-refractivity contribution in [2.45, 2.75) is 38.3 Å². The Hall–Kier alpha value is -2.67. The van der Waals surface area contributed by atoms with Crippen molar-refractivity contribution in [1.82, 2.24) is 9.78 Å². The standard InChI is InChI=1S/C20H25N5O2/c1-12(25-9-3-8-22-25)19(26)23-15-4-2-5-16(11-15)24-20(27)17-13-6-7-14(10-13)18(17)21/h2-5,8-9,11-14,17-18H,6-7,10,21H2,1H3,(H,23,26)(H,24,27). The van der Waals surface area contributed by atoms with Gasteiger partial charge in [0.25, 0.3) is 0 Å². The minimum absolute atomic E-state index is 0.0110. The second-order valence-corrected chi connectivity index (χ2v) is 7.66. The zero-order valence-corrected chi connectivity index (χ0v) is 15.3. The Balaban J connectivity index is 1.40. The molecule has 27 heavy (non-hydrogen) atoms. The molecule has 0 radical (unpaired) electrons. The lowest BCUT2D eigenvalue weighted by atomic mass is 9.84. The van der Waals surface area contributed by atoms with E-state index in [4.69, 9.17) is 5.73 Å². The van der Waals surface area contributed by atoms with Crippen molar-refractivity contribution in [3.63, 3.8) is 0 Å². The van der Waals surface area contributed by atoms with Crippen molar-refractivity contribution in [3.05, 3.63) is 42.7 Å². The number of fused-ring (bicyclic) bond motifs is 2. The van der Waals surface area contributed by atoms with Gasteiger partial charge in [-0.25, -0.2) is 0 Å². The SMILES string of the molecule is CC(C(=O)Nc1cccc(NC(=O)C2C3CCC(C3)C2N)c1)n1cccn1. The highest BCUT2D eigenvalue weighted by Gasteiger charge is 2.49. The van der Waals surface area contributed by atoms with Crippen LogP contribution in [0.4, 0.5) is 11.4 Å². The third kappa shape index (κ3) is 3.47. The van der Waals surface area contributed by atoms with Gasteiger partial charge in [-0.05, 0) is 62.3 Å². The minimum atomic E-state index is -0.426. The number of nitrogens with one attached hydrogen (secondary N) is 2. The Morgan fingerprint density at radius 2 is 1.93 bits per heavy atom. The third-order valence-corrected chi connectivity index (χ3v) is 5.98. The highest BCUT2D eigenvalue weighted by Crippen LogP contribution is 2.47. The molecule has 4 rings (SSSR count). The summed E-state index contributed by atoms with van der Waals surface area (Å²) in [5.74, 6) is 0.602. The van der Waals surface area contributed by atoms with Crippen LogP contribution in [0, 0.1) is 17.8 Å². The molecular weight excluding hydrogens is 342 g/mol. The van der Waals surface area contributed by atoms with E-state index < -0.39 is 6.04 Å². The molecule has 0 spiro atoms. The monoisotopic (exact) mass is 367 g/mol. The number of aromatic nitrogens is 2. The quantitative estimate of drug-likeness (QED) is 0.755. The van der Waals surface area contributed by atoms with Crippen molar-refractivity contribution in [3.8, 4) is 0 Å². The van der Waals surface area contributed by atoms with E-state index in [1.54, 1.807) is 42.2 Å². The number of nitrogens with zero attached hydrogens (tertiary/aromatic N) is 2. The van der Waals surface area contributed by atoms with Crippen LogP contribution < -0.4 is 16.4 Å². The molecular formula is C20H25N5O2. The zero-order valence-electron chi connectivity index (χ0n) is 15.3. The first-order valence-corrected chi connectivity index (χ1v) is 9.49. The molecule has 2 aliphatic rings. The van der Waals surface area contributed by atoms with Gasteiger partial charge in [0.05, 0.1) is 5.92 Å². The maximum Gasteiger partial charge on any atom is 0.248 e. The van der Waals surface area contributed by atoms with Crippen molar-refractivity contribution in [2.75, 3.05) is 10.6 Å². The summed E-state index contributed by atoms with van der Waals surface area (Å²) in [7, 11) is 0. The Morgan fingerprint density at radius 1 is 1.19 bits per heavy atom. The number of hydrogen-bond acceptors (Lipinski definition) is 4. The van der Waals surface area contributed by atoms with Crippen LogP contribution in [0.1, 0.15) is 32.2 Å². The molecule has 2 aromatic rings. The van der Waals surface area contributed by atoms with Gasteiger partial charge in [-0.15, -0.1) is 0 Å². The van der Waals surface area contributed by atoms with Gasteiger partial charge in [0.2, 0.25) is 11.8 Å². The first kappa shape index (κ1) is 17.7. The Bertz CT molecular complexity index is 833. The average Bonchev–Trinajstić information content (AvgIpc) is 3.38. The molecule has 5 atom stereocenters. The molecule has 2 amide bonds. The van der Waals surface area contributed by atoms with Crippen molar-refractivity contribution in [2.24, 2.45) is 23.5 Å². The maximum absolute atomic E-state index is 12.7. The summed E-state index contributed by atoms with van der Waals surface area (Å²) in [5, 5.41) is 9.95. The fraction of sp³-hybridized carbons (Fsp3) is 0.450. The molecule has 5 unspecified atom stereocenters. The summed E-state index contributed by atoms with van der Waals surface area (Å²) in [6.07, 6.45) is 6.70. The van der Waals surface area contributed by atoms with E-state index in [-0.39, 0.29) is 23.8 Å². The molecule has 1 aromatic carbocycles. The van der Waals surface area contributed by atoms with E-state index in [0.29, 0.717) is 23.2 Å². The molecule has 2 saturated carbocycles. The number of amides is 2. The molecule has 2 fully saturated rings. The fourth-order valence-corrected chi connectivity index (χ4v) is 4.50. The molecule has 7 nitrogen and oxygen atoms in total. The van der Waals surface area contributed by atoms with Crippen LogP contribution in [0.15, 0.2) is 42.7 Å². The summed E-state index contributed by atoms with van der Waals surface area (Å²) in [6, 6.07) is 8.51. The van der Waals surface area contributed by atoms with E-state index in [1.165, 1.54) is 0 Å². The summed E-state index contributed by atoms with van der Waals surface area (Å²) < 4.78 is 1.59. The van der Waals surface area contributed by atoms with Crippen LogP contribution in [0.25, 0.3) is 0 Å². The average molecular weight is 367 g/mol. The molecule has 2 aliphatic carbocycles. The number of benzene rings is 1. The molecule has 4 N–H and O–H groups in total. The van der Waals surface area contributed by atoms with Gasteiger partial charge in [0, 0.05) is 29.8 Å². The molecule has 1 heterocycles. The van der Waals surface area contributed by atoms with E-state index >= 15 is 0 Å². The zero-order chi connectivity index (χ0) is 19.0. The lowest BCUT2D eigenvalue weighted by Gasteiger charge is -2.27. The van der Waals surface area contributed by atoms with E-state index in [9.17, 15) is 9.59 Å². The van der Waals surface area contributed by atoms with Crippen LogP contribution in [0.5, 0.6) is 0 Å². The van der Waals surface area contributed by atoms with Gasteiger partial charge >= 0.3 is 0 Å². The van der Waals surface area contributed by atoms with Crippen molar-refractivity contribution in [1.29, 1.82) is 0 Å². The maximum atomic E-state index is 12.7. The number of carbonyl (C=O) groups is 2. The van der Waals surface area contributed by atoms with Crippen LogP contribution in [-0.4, -0.2) is 27.6 Å². The van der Waals surface area contributed by atoms with E-state index in [0.717, 1.165) is 19.3 Å². The lowest BCUT2D eigenvalue weighted by Crippen LogP contribution is -2.42. The molecule has 2 bridgehead atoms. The smallest absolute Gasteiger partial charge is 0.248 e.